The van der Waals surface area contributed by atoms with Crippen molar-refractivity contribution in [1.82, 2.24) is 10.6 Å². The lowest BCUT2D eigenvalue weighted by Crippen LogP contribution is -2.33. The van der Waals surface area contributed by atoms with Gasteiger partial charge in [-0.1, -0.05) is 0 Å². The normalized spacial score (nSPS) is 17.9. The van der Waals surface area contributed by atoms with Gasteiger partial charge in [-0.2, -0.15) is 0 Å². The molecule has 0 heterocycles. The fourth-order valence-corrected chi connectivity index (χ4v) is 1.61. The molecule has 0 unspecified atom stereocenters. The maximum atomic E-state index is 10.5. The summed E-state index contributed by atoms with van der Waals surface area (Å²) in [6.45, 7) is 4.27. The highest BCUT2D eigenvalue weighted by Gasteiger charge is 2.41. The van der Waals surface area contributed by atoms with Gasteiger partial charge in [0, 0.05) is 33.2 Å². The van der Waals surface area contributed by atoms with E-state index < -0.39 is 0 Å². The van der Waals surface area contributed by atoms with Gasteiger partial charge in [0.2, 0.25) is 5.91 Å². The maximum absolute atomic E-state index is 10.5. The summed E-state index contributed by atoms with van der Waals surface area (Å²) in [6.07, 6.45) is 3.35. The molecule has 0 aliphatic heterocycles. The smallest absolute Gasteiger partial charge is 0.216 e. The predicted molar refractivity (Wildman–Crippen MR) is 54.9 cm³/mol. The molecule has 0 saturated heterocycles. The fourth-order valence-electron chi connectivity index (χ4n) is 1.61. The monoisotopic (exact) mass is 200 g/mol. The first-order valence-corrected chi connectivity index (χ1v) is 5.25. The molecule has 82 valence electrons. The van der Waals surface area contributed by atoms with Crippen LogP contribution < -0.4 is 10.6 Å². The first-order chi connectivity index (χ1) is 6.68. The molecule has 1 rings (SSSR count). The van der Waals surface area contributed by atoms with Gasteiger partial charge in [-0.05, 0) is 24.7 Å². The van der Waals surface area contributed by atoms with Crippen molar-refractivity contribution in [3.8, 4) is 0 Å². The number of aliphatic hydroxyl groups is 1. The molecule has 1 aliphatic rings. The minimum atomic E-state index is 0.0169. The van der Waals surface area contributed by atoms with E-state index in [9.17, 15) is 4.79 Å². The van der Waals surface area contributed by atoms with Gasteiger partial charge in [0.15, 0.2) is 0 Å². The first-order valence-electron chi connectivity index (χ1n) is 5.25. The predicted octanol–water partition coefficient (Wildman–Crippen LogP) is -0.125. The summed E-state index contributed by atoms with van der Waals surface area (Å²) in [5.74, 6) is 0.0169. The summed E-state index contributed by atoms with van der Waals surface area (Å²) in [4.78, 5) is 10.5. The molecule has 1 aliphatic carbocycles. The number of nitrogens with one attached hydrogen (secondary N) is 2. The molecule has 3 N–H and O–H groups in total. The van der Waals surface area contributed by atoms with Crippen LogP contribution in [0.2, 0.25) is 0 Å². The van der Waals surface area contributed by atoms with Crippen molar-refractivity contribution in [2.24, 2.45) is 5.41 Å². The van der Waals surface area contributed by atoms with Gasteiger partial charge in [-0.3, -0.25) is 4.79 Å². The Morgan fingerprint density at radius 3 is 2.64 bits per heavy atom. The molecule has 4 heteroatoms. The van der Waals surface area contributed by atoms with E-state index in [1.54, 1.807) is 0 Å². The van der Waals surface area contributed by atoms with E-state index in [2.05, 4.69) is 10.6 Å². The molecule has 0 bridgehead atoms. The van der Waals surface area contributed by atoms with Crippen molar-refractivity contribution in [2.75, 3.05) is 26.2 Å². The highest BCUT2D eigenvalue weighted by Crippen LogP contribution is 2.47. The van der Waals surface area contributed by atoms with E-state index in [1.165, 1.54) is 19.8 Å². The van der Waals surface area contributed by atoms with Crippen LogP contribution in [0.25, 0.3) is 0 Å². The Hall–Kier alpha value is -0.610. The average molecular weight is 200 g/mol. The second-order valence-corrected chi connectivity index (χ2v) is 4.13. The topological polar surface area (TPSA) is 61.4 Å². The van der Waals surface area contributed by atoms with Crippen molar-refractivity contribution in [1.29, 1.82) is 0 Å². The molecule has 0 atom stereocenters. The zero-order valence-corrected chi connectivity index (χ0v) is 8.81. The maximum Gasteiger partial charge on any atom is 0.216 e. The molecule has 1 fully saturated rings. The van der Waals surface area contributed by atoms with E-state index in [0.29, 0.717) is 12.0 Å². The number of amides is 1. The Morgan fingerprint density at radius 1 is 1.43 bits per heavy atom. The van der Waals surface area contributed by atoms with Crippen LogP contribution in [0.15, 0.2) is 0 Å². The number of carbonyl (C=O) groups excluding carboxylic acids is 1. The molecule has 1 saturated carbocycles. The molecule has 0 aromatic rings. The number of carbonyl (C=O) groups is 1. The van der Waals surface area contributed by atoms with Gasteiger partial charge in [-0.15, -0.1) is 0 Å². The lowest BCUT2D eigenvalue weighted by molar-refractivity contribution is -0.118. The summed E-state index contributed by atoms with van der Waals surface area (Å²) in [5, 5.41) is 14.9. The Balaban J connectivity index is 1.96. The lowest BCUT2D eigenvalue weighted by atomic mass is 10.0. The van der Waals surface area contributed by atoms with Crippen molar-refractivity contribution in [3.05, 3.63) is 0 Å². The van der Waals surface area contributed by atoms with Crippen LogP contribution in [-0.2, 0) is 4.79 Å². The highest BCUT2D eigenvalue weighted by molar-refractivity contribution is 5.72. The number of hydrogen-bond donors (Lipinski definition) is 3. The Labute approximate surface area is 85.1 Å². The van der Waals surface area contributed by atoms with Crippen LogP contribution in [-0.4, -0.2) is 37.3 Å². The number of hydrogen-bond acceptors (Lipinski definition) is 3. The molecule has 0 aromatic carbocycles. The average Bonchev–Trinajstić information content (AvgIpc) is 2.85. The minimum Gasteiger partial charge on any atom is -0.396 e. The van der Waals surface area contributed by atoms with Gasteiger partial charge in [0.25, 0.3) is 0 Å². The van der Waals surface area contributed by atoms with Crippen LogP contribution in [0.4, 0.5) is 0 Å². The fraction of sp³-hybridized carbons (Fsp3) is 0.900. The van der Waals surface area contributed by atoms with Gasteiger partial charge in [0.05, 0.1) is 0 Å². The highest BCUT2D eigenvalue weighted by atomic mass is 16.3. The van der Waals surface area contributed by atoms with Crippen molar-refractivity contribution in [3.63, 3.8) is 0 Å². The standard InChI is InChI=1S/C10H20N2O2/c1-9(14)12-6-5-11-8-10(2-3-10)4-7-13/h11,13H,2-8H2,1H3,(H,12,14). The van der Waals surface area contributed by atoms with Gasteiger partial charge < -0.3 is 15.7 Å². The van der Waals surface area contributed by atoms with Crippen molar-refractivity contribution < 1.29 is 9.90 Å². The van der Waals surface area contributed by atoms with E-state index in [0.717, 1.165) is 19.5 Å². The van der Waals surface area contributed by atoms with Crippen LogP contribution in [0.3, 0.4) is 0 Å². The zero-order chi connectivity index (χ0) is 10.4. The van der Waals surface area contributed by atoms with Crippen LogP contribution in [0, 0.1) is 5.41 Å². The lowest BCUT2D eigenvalue weighted by Gasteiger charge is -2.14. The van der Waals surface area contributed by atoms with E-state index in [-0.39, 0.29) is 12.5 Å². The van der Waals surface area contributed by atoms with E-state index in [4.69, 9.17) is 5.11 Å². The molecule has 1 amide bonds. The molecule has 0 radical (unpaired) electrons. The Bertz CT molecular complexity index is 191. The zero-order valence-electron chi connectivity index (χ0n) is 8.81. The second-order valence-electron chi connectivity index (χ2n) is 4.13. The number of rotatable bonds is 7. The quantitative estimate of drug-likeness (QED) is 0.502. The van der Waals surface area contributed by atoms with Crippen molar-refractivity contribution >= 4 is 5.91 Å². The molecular weight excluding hydrogens is 180 g/mol. The van der Waals surface area contributed by atoms with Crippen molar-refractivity contribution in [2.45, 2.75) is 26.2 Å². The molecular formula is C10H20N2O2. The second kappa shape index (κ2) is 5.32. The van der Waals surface area contributed by atoms with Gasteiger partial charge >= 0.3 is 0 Å². The third-order valence-electron chi connectivity index (χ3n) is 2.77. The summed E-state index contributed by atoms with van der Waals surface area (Å²) in [5.41, 5.74) is 0.366. The van der Waals surface area contributed by atoms with E-state index >= 15 is 0 Å². The van der Waals surface area contributed by atoms with Crippen LogP contribution in [0.5, 0.6) is 0 Å². The Morgan fingerprint density at radius 2 is 2.14 bits per heavy atom. The van der Waals surface area contributed by atoms with E-state index in [1.807, 2.05) is 0 Å². The van der Waals surface area contributed by atoms with Gasteiger partial charge in [0.1, 0.15) is 0 Å². The molecule has 14 heavy (non-hydrogen) atoms. The summed E-state index contributed by atoms with van der Waals surface area (Å²) in [7, 11) is 0. The molecule has 4 nitrogen and oxygen atoms in total. The molecule has 0 aromatic heterocycles. The third-order valence-corrected chi connectivity index (χ3v) is 2.77. The van der Waals surface area contributed by atoms with Crippen LogP contribution in [0.1, 0.15) is 26.2 Å². The minimum absolute atomic E-state index is 0.0169. The molecule has 0 spiro atoms. The first kappa shape index (κ1) is 11.5. The Kier molecular flexibility index (Phi) is 4.35. The SMILES string of the molecule is CC(=O)NCCNCC1(CCO)CC1. The van der Waals surface area contributed by atoms with Crippen LogP contribution >= 0.6 is 0 Å². The summed E-state index contributed by atoms with van der Waals surface area (Å²) < 4.78 is 0. The summed E-state index contributed by atoms with van der Waals surface area (Å²) in [6, 6.07) is 0. The third kappa shape index (κ3) is 4.07. The summed E-state index contributed by atoms with van der Waals surface area (Å²) >= 11 is 0. The van der Waals surface area contributed by atoms with Gasteiger partial charge in [-0.25, -0.2) is 0 Å². The largest absolute Gasteiger partial charge is 0.396 e. The number of aliphatic hydroxyl groups excluding tert-OH is 1.